The summed E-state index contributed by atoms with van der Waals surface area (Å²) in [6.07, 6.45) is 5.06. The topological polar surface area (TPSA) is 85.4 Å². The van der Waals surface area contributed by atoms with Crippen molar-refractivity contribution in [2.45, 2.75) is 6.54 Å². The first-order valence-electron chi connectivity index (χ1n) is 3.97. The molecule has 6 heteroatoms. The van der Waals surface area contributed by atoms with Crippen molar-refractivity contribution in [1.29, 1.82) is 0 Å². The highest BCUT2D eigenvalue weighted by Gasteiger charge is 2.03. The maximum absolute atomic E-state index is 5.40. The third kappa shape index (κ3) is 1.57. The van der Waals surface area contributed by atoms with E-state index < -0.39 is 0 Å². The first-order valence-corrected chi connectivity index (χ1v) is 3.97. The van der Waals surface area contributed by atoms with Crippen LogP contribution in [0, 0.1) is 0 Å². The van der Waals surface area contributed by atoms with E-state index in [9.17, 15) is 0 Å². The van der Waals surface area contributed by atoms with E-state index in [1.807, 2.05) is 10.8 Å². The molecule has 0 saturated heterocycles. The highest BCUT2D eigenvalue weighted by molar-refractivity contribution is 5.45. The lowest BCUT2D eigenvalue weighted by atomic mass is 10.4. The van der Waals surface area contributed by atoms with Gasteiger partial charge in [0.05, 0.1) is 6.33 Å². The number of hydrogen-bond donors (Lipinski definition) is 2. The van der Waals surface area contributed by atoms with Gasteiger partial charge in [-0.3, -0.25) is 5.10 Å². The molecule has 2 aromatic rings. The maximum atomic E-state index is 5.40. The van der Waals surface area contributed by atoms with E-state index >= 15 is 0 Å². The average Bonchev–Trinajstić information content (AvgIpc) is 2.70. The first kappa shape index (κ1) is 7.93. The predicted molar refractivity (Wildman–Crippen MR) is 46.7 cm³/mol. The molecule has 0 bridgehead atoms. The third-order valence-electron chi connectivity index (χ3n) is 1.68. The van der Waals surface area contributed by atoms with Crippen molar-refractivity contribution in [3.8, 4) is 11.5 Å². The fourth-order valence-corrected chi connectivity index (χ4v) is 1.08. The van der Waals surface area contributed by atoms with Crippen molar-refractivity contribution < 1.29 is 0 Å². The molecule has 0 unspecified atom stereocenters. The van der Waals surface area contributed by atoms with Crippen LogP contribution in [-0.2, 0) is 6.54 Å². The standard InChI is InChI=1S/C7H10N6/c8-1-2-13-3-6(10-5-13)7-9-4-11-12-7/h3-5H,1-2,8H2,(H,9,11,12). The first-order chi connectivity index (χ1) is 6.40. The Bertz CT molecular complexity index is 362. The molecule has 2 rings (SSSR count). The molecule has 0 saturated carbocycles. The van der Waals surface area contributed by atoms with E-state index in [1.54, 1.807) is 6.33 Å². The van der Waals surface area contributed by atoms with Gasteiger partial charge >= 0.3 is 0 Å². The summed E-state index contributed by atoms with van der Waals surface area (Å²) < 4.78 is 1.91. The minimum absolute atomic E-state index is 0.603. The van der Waals surface area contributed by atoms with E-state index in [0.29, 0.717) is 12.4 Å². The normalized spacial score (nSPS) is 10.5. The van der Waals surface area contributed by atoms with Crippen molar-refractivity contribution >= 4 is 0 Å². The minimum Gasteiger partial charge on any atom is -0.335 e. The van der Waals surface area contributed by atoms with E-state index in [-0.39, 0.29) is 0 Å². The molecule has 13 heavy (non-hydrogen) atoms. The Balaban J connectivity index is 2.23. The second kappa shape index (κ2) is 3.36. The van der Waals surface area contributed by atoms with Crippen LogP contribution in [0.3, 0.4) is 0 Å². The van der Waals surface area contributed by atoms with Gasteiger partial charge in [-0.05, 0) is 0 Å². The SMILES string of the molecule is NCCn1cnc(-c2ncn[nH]2)c1. The van der Waals surface area contributed by atoms with Crippen LogP contribution in [-0.4, -0.2) is 31.3 Å². The summed E-state index contributed by atoms with van der Waals surface area (Å²) in [7, 11) is 0. The lowest BCUT2D eigenvalue weighted by molar-refractivity contribution is 0.708. The van der Waals surface area contributed by atoms with Gasteiger partial charge in [0, 0.05) is 19.3 Å². The second-order valence-corrected chi connectivity index (χ2v) is 2.62. The van der Waals surface area contributed by atoms with Crippen LogP contribution in [0.2, 0.25) is 0 Å². The fourth-order valence-electron chi connectivity index (χ4n) is 1.08. The van der Waals surface area contributed by atoms with Gasteiger partial charge in [0.2, 0.25) is 0 Å². The molecule has 0 aliphatic carbocycles. The van der Waals surface area contributed by atoms with Gasteiger partial charge in [-0.25, -0.2) is 9.97 Å². The Morgan fingerprint density at radius 3 is 3.08 bits per heavy atom. The summed E-state index contributed by atoms with van der Waals surface area (Å²) >= 11 is 0. The largest absolute Gasteiger partial charge is 0.335 e. The lowest BCUT2D eigenvalue weighted by Crippen LogP contribution is -2.07. The molecule has 3 N–H and O–H groups in total. The van der Waals surface area contributed by atoms with Crippen LogP contribution in [0.1, 0.15) is 0 Å². The summed E-state index contributed by atoms with van der Waals surface area (Å²) in [5.74, 6) is 0.677. The second-order valence-electron chi connectivity index (χ2n) is 2.62. The van der Waals surface area contributed by atoms with Crippen molar-refractivity contribution in [2.75, 3.05) is 6.54 Å². The van der Waals surface area contributed by atoms with E-state index in [4.69, 9.17) is 5.73 Å². The van der Waals surface area contributed by atoms with Gasteiger partial charge < -0.3 is 10.3 Å². The maximum Gasteiger partial charge on any atom is 0.175 e. The van der Waals surface area contributed by atoms with E-state index in [2.05, 4.69) is 20.2 Å². The summed E-state index contributed by atoms with van der Waals surface area (Å²) in [6.45, 7) is 1.37. The Labute approximate surface area is 74.8 Å². The minimum atomic E-state index is 0.603. The zero-order chi connectivity index (χ0) is 9.10. The van der Waals surface area contributed by atoms with Crippen LogP contribution in [0.25, 0.3) is 11.5 Å². The predicted octanol–water partition coefficient (Wildman–Crippen LogP) is -0.373. The van der Waals surface area contributed by atoms with Crippen LogP contribution in [0.5, 0.6) is 0 Å². The number of nitrogens with one attached hydrogen (secondary N) is 1. The molecule has 2 heterocycles. The Hall–Kier alpha value is -1.69. The quantitative estimate of drug-likeness (QED) is 0.671. The molecule has 0 aliphatic heterocycles. The number of nitrogens with zero attached hydrogens (tertiary/aromatic N) is 4. The molecule has 0 radical (unpaired) electrons. The summed E-state index contributed by atoms with van der Waals surface area (Å²) in [5.41, 5.74) is 6.19. The number of aromatic amines is 1. The zero-order valence-corrected chi connectivity index (χ0v) is 7.01. The Kier molecular flexibility index (Phi) is 2.05. The molecule has 0 fully saturated rings. The number of hydrogen-bond acceptors (Lipinski definition) is 4. The molecule has 0 atom stereocenters. The van der Waals surface area contributed by atoms with Crippen molar-refractivity contribution in [1.82, 2.24) is 24.7 Å². The van der Waals surface area contributed by atoms with Gasteiger partial charge in [-0.1, -0.05) is 0 Å². The van der Waals surface area contributed by atoms with Crippen LogP contribution >= 0.6 is 0 Å². The Morgan fingerprint density at radius 1 is 1.46 bits per heavy atom. The molecule has 0 amide bonds. The van der Waals surface area contributed by atoms with Gasteiger partial charge in [0.15, 0.2) is 5.82 Å². The van der Waals surface area contributed by atoms with Gasteiger partial charge in [-0.15, -0.1) is 0 Å². The molecule has 68 valence electrons. The monoisotopic (exact) mass is 178 g/mol. The molecular weight excluding hydrogens is 168 g/mol. The molecular formula is C7H10N6. The van der Waals surface area contributed by atoms with Gasteiger partial charge in [0.1, 0.15) is 12.0 Å². The lowest BCUT2D eigenvalue weighted by Gasteiger charge is -1.94. The number of nitrogens with two attached hydrogens (primary N) is 1. The average molecular weight is 178 g/mol. The van der Waals surface area contributed by atoms with Crippen molar-refractivity contribution in [3.63, 3.8) is 0 Å². The molecule has 0 aromatic carbocycles. The molecule has 0 aliphatic rings. The number of aromatic nitrogens is 5. The number of H-pyrrole nitrogens is 1. The molecule has 6 nitrogen and oxygen atoms in total. The van der Waals surface area contributed by atoms with Gasteiger partial charge in [0.25, 0.3) is 0 Å². The summed E-state index contributed by atoms with van der Waals surface area (Å²) in [4.78, 5) is 8.14. The van der Waals surface area contributed by atoms with Crippen molar-refractivity contribution in [2.24, 2.45) is 5.73 Å². The van der Waals surface area contributed by atoms with Crippen LogP contribution < -0.4 is 5.73 Å². The van der Waals surface area contributed by atoms with Crippen molar-refractivity contribution in [3.05, 3.63) is 18.9 Å². The fraction of sp³-hybridized carbons (Fsp3) is 0.286. The molecule has 2 aromatic heterocycles. The highest BCUT2D eigenvalue weighted by Crippen LogP contribution is 2.08. The third-order valence-corrected chi connectivity index (χ3v) is 1.68. The van der Waals surface area contributed by atoms with E-state index in [0.717, 1.165) is 12.2 Å². The smallest absolute Gasteiger partial charge is 0.175 e. The van der Waals surface area contributed by atoms with Crippen LogP contribution in [0.4, 0.5) is 0 Å². The Morgan fingerprint density at radius 2 is 2.38 bits per heavy atom. The number of rotatable bonds is 3. The zero-order valence-electron chi connectivity index (χ0n) is 7.01. The highest BCUT2D eigenvalue weighted by atomic mass is 15.2. The molecule has 0 spiro atoms. The summed E-state index contributed by atoms with van der Waals surface area (Å²) in [6, 6.07) is 0. The number of imidazole rings is 1. The van der Waals surface area contributed by atoms with Gasteiger partial charge in [-0.2, -0.15) is 5.10 Å². The van der Waals surface area contributed by atoms with Crippen LogP contribution in [0.15, 0.2) is 18.9 Å². The summed E-state index contributed by atoms with van der Waals surface area (Å²) in [5, 5.41) is 6.48. The van der Waals surface area contributed by atoms with E-state index in [1.165, 1.54) is 6.33 Å².